The third-order valence-electron chi connectivity index (χ3n) is 4.26. The van der Waals surface area contributed by atoms with Gasteiger partial charge in [-0.3, -0.25) is 9.59 Å². The highest BCUT2D eigenvalue weighted by molar-refractivity contribution is 6.03. The molecule has 3 rings (SSSR count). The van der Waals surface area contributed by atoms with E-state index < -0.39 is 11.7 Å². The second-order valence-electron chi connectivity index (χ2n) is 5.90. The fraction of sp³-hybridized carbons (Fsp3) is 0.263. The van der Waals surface area contributed by atoms with Crippen molar-refractivity contribution in [1.82, 2.24) is 0 Å². The molecule has 0 spiro atoms. The van der Waals surface area contributed by atoms with E-state index in [1.807, 2.05) is 24.3 Å². The molecule has 1 fully saturated rings. The monoisotopic (exact) mass is 326 g/mol. The van der Waals surface area contributed by atoms with Crippen molar-refractivity contribution in [3.05, 3.63) is 59.9 Å². The standard InChI is InChI=1S/C19H19FN2O2/c1-2-13-6-5-7-15(10-13)22-12-14(11-18(22)23)19(24)21-17-9-4-3-8-16(17)20/h3-10,14H,2,11-12H2,1H3,(H,21,24)/t14-/m1/s1. The minimum Gasteiger partial charge on any atom is -0.323 e. The van der Waals surface area contributed by atoms with Crippen LogP contribution in [0.5, 0.6) is 0 Å². The Morgan fingerprint density at radius 2 is 2.04 bits per heavy atom. The molecule has 2 aromatic rings. The molecule has 1 aliphatic rings. The summed E-state index contributed by atoms with van der Waals surface area (Å²) in [6, 6.07) is 13.8. The van der Waals surface area contributed by atoms with Crippen LogP contribution in [0.2, 0.25) is 0 Å². The number of hydrogen-bond acceptors (Lipinski definition) is 2. The van der Waals surface area contributed by atoms with Crippen LogP contribution < -0.4 is 10.2 Å². The summed E-state index contributed by atoms with van der Waals surface area (Å²) in [5, 5.41) is 2.57. The molecule has 1 saturated heterocycles. The molecule has 1 N–H and O–H groups in total. The van der Waals surface area contributed by atoms with Crippen molar-refractivity contribution in [2.45, 2.75) is 19.8 Å². The molecule has 0 aliphatic carbocycles. The van der Waals surface area contributed by atoms with Gasteiger partial charge in [0.15, 0.2) is 0 Å². The number of hydrogen-bond donors (Lipinski definition) is 1. The molecule has 1 atom stereocenters. The zero-order valence-electron chi connectivity index (χ0n) is 13.5. The van der Waals surface area contributed by atoms with Crippen molar-refractivity contribution < 1.29 is 14.0 Å². The second kappa shape index (κ2) is 6.83. The molecule has 1 aliphatic heterocycles. The quantitative estimate of drug-likeness (QED) is 0.936. The molecule has 1 heterocycles. The lowest BCUT2D eigenvalue weighted by Crippen LogP contribution is -2.28. The number of aryl methyl sites for hydroxylation is 1. The molecule has 2 aromatic carbocycles. The van der Waals surface area contributed by atoms with Crippen LogP contribution in [0.25, 0.3) is 0 Å². The lowest BCUT2D eigenvalue weighted by molar-refractivity contribution is -0.122. The van der Waals surface area contributed by atoms with Crippen molar-refractivity contribution in [2.75, 3.05) is 16.8 Å². The number of nitrogens with zero attached hydrogens (tertiary/aromatic N) is 1. The van der Waals surface area contributed by atoms with Crippen molar-refractivity contribution in [1.29, 1.82) is 0 Å². The highest BCUT2D eigenvalue weighted by Crippen LogP contribution is 2.27. The Labute approximate surface area is 140 Å². The number of carbonyl (C=O) groups excluding carboxylic acids is 2. The van der Waals surface area contributed by atoms with Gasteiger partial charge < -0.3 is 10.2 Å². The van der Waals surface area contributed by atoms with Crippen molar-refractivity contribution >= 4 is 23.2 Å². The van der Waals surface area contributed by atoms with Crippen LogP contribution in [0.4, 0.5) is 15.8 Å². The zero-order chi connectivity index (χ0) is 17.1. The van der Waals surface area contributed by atoms with Gasteiger partial charge in [-0.1, -0.05) is 31.2 Å². The molecule has 5 heteroatoms. The van der Waals surface area contributed by atoms with E-state index >= 15 is 0 Å². The minimum absolute atomic E-state index is 0.0862. The molecule has 4 nitrogen and oxygen atoms in total. The van der Waals surface area contributed by atoms with Gasteiger partial charge in [0, 0.05) is 18.7 Å². The largest absolute Gasteiger partial charge is 0.323 e. The number of para-hydroxylation sites is 1. The number of halogens is 1. The van der Waals surface area contributed by atoms with E-state index in [-0.39, 0.29) is 23.9 Å². The maximum Gasteiger partial charge on any atom is 0.229 e. The molecular formula is C19H19FN2O2. The fourth-order valence-electron chi connectivity index (χ4n) is 2.87. The predicted octanol–water partition coefficient (Wildman–Crippen LogP) is 3.38. The van der Waals surface area contributed by atoms with Gasteiger partial charge in [0.2, 0.25) is 11.8 Å². The van der Waals surface area contributed by atoms with E-state index in [2.05, 4.69) is 12.2 Å². The van der Waals surface area contributed by atoms with E-state index in [0.29, 0.717) is 6.54 Å². The topological polar surface area (TPSA) is 49.4 Å². The summed E-state index contributed by atoms with van der Waals surface area (Å²) in [5.74, 6) is -1.38. The predicted molar refractivity (Wildman–Crippen MR) is 91.3 cm³/mol. The molecular weight excluding hydrogens is 307 g/mol. The highest BCUT2D eigenvalue weighted by atomic mass is 19.1. The van der Waals surface area contributed by atoms with Crippen LogP contribution in [-0.2, 0) is 16.0 Å². The van der Waals surface area contributed by atoms with Gasteiger partial charge in [-0.05, 0) is 36.2 Å². The lowest BCUT2D eigenvalue weighted by Gasteiger charge is -2.17. The van der Waals surface area contributed by atoms with Crippen molar-refractivity contribution in [3.8, 4) is 0 Å². The summed E-state index contributed by atoms with van der Waals surface area (Å²) in [7, 11) is 0. The maximum atomic E-state index is 13.6. The molecule has 0 unspecified atom stereocenters. The Morgan fingerprint density at radius 3 is 2.79 bits per heavy atom. The van der Waals surface area contributed by atoms with Gasteiger partial charge in [0.1, 0.15) is 5.82 Å². The summed E-state index contributed by atoms with van der Waals surface area (Å²) in [4.78, 5) is 26.3. The van der Waals surface area contributed by atoms with E-state index in [0.717, 1.165) is 17.7 Å². The normalized spacial score (nSPS) is 17.2. The van der Waals surface area contributed by atoms with Crippen LogP contribution in [0.1, 0.15) is 18.9 Å². The summed E-state index contributed by atoms with van der Waals surface area (Å²) < 4.78 is 13.6. The number of anilines is 2. The van der Waals surface area contributed by atoms with Gasteiger partial charge in [-0.25, -0.2) is 4.39 Å². The number of benzene rings is 2. The van der Waals surface area contributed by atoms with Crippen LogP contribution in [0.3, 0.4) is 0 Å². The lowest BCUT2D eigenvalue weighted by atomic mass is 10.1. The van der Waals surface area contributed by atoms with Crippen LogP contribution >= 0.6 is 0 Å². The van der Waals surface area contributed by atoms with Crippen molar-refractivity contribution in [2.24, 2.45) is 5.92 Å². The Bertz CT molecular complexity index is 775. The molecule has 0 saturated carbocycles. The number of rotatable bonds is 4. The molecule has 124 valence electrons. The van der Waals surface area contributed by atoms with Gasteiger partial charge in [-0.15, -0.1) is 0 Å². The first kappa shape index (κ1) is 16.2. The minimum atomic E-state index is -0.484. The fourth-order valence-corrected chi connectivity index (χ4v) is 2.87. The van der Waals surface area contributed by atoms with Gasteiger partial charge >= 0.3 is 0 Å². The average molecular weight is 326 g/mol. The first-order chi connectivity index (χ1) is 11.6. The summed E-state index contributed by atoms with van der Waals surface area (Å²) in [6.07, 6.45) is 1.02. The number of carbonyl (C=O) groups is 2. The molecule has 24 heavy (non-hydrogen) atoms. The molecule has 0 bridgehead atoms. The van der Waals surface area contributed by atoms with E-state index in [1.54, 1.807) is 17.0 Å². The molecule has 0 radical (unpaired) electrons. The number of amides is 2. The molecule has 2 amide bonds. The zero-order valence-corrected chi connectivity index (χ0v) is 13.5. The van der Waals surface area contributed by atoms with E-state index in [4.69, 9.17) is 0 Å². The van der Waals surface area contributed by atoms with Crippen molar-refractivity contribution in [3.63, 3.8) is 0 Å². The van der Waals surface area contributed by atoms with Crippen LogP contribution in [-0.4, -0.2) is 18.4 Å². The third-order valence-corrected chi connectivity index (χ3v) is 4.26. The average Bonchev–Trinajstić information content (AvgIpc) is 2.99. The maximum absolute atomic E-state index is 13.6. The second-order valence-corrected chi connectivity index (χ2v) is 5.90. The Kier molecular flexibility index (Phi) is 4.60. The Hall–Kier alpha value is -2.69. The first-order valence-electron chi connectivity index (χ1n) is 8.03. The summed E-state index contributed by atoms with van der Waals surface area (Å²) in [6.45, 7) is 2.36. The Balaban J connectivity index is 1.72. The van der Waals surface area contributed by atoms with E-state index in [9.17, 15) is 14.0 Å². The van der Waals surface area contributed by atoms with Gasteiger partial charge in [0.05, 0.1) is 11.6 Å². The van der Waals surface area contributed by atoms with Crippen LogP contribution in [0.15, 0.2) is 48.5 Å². The summed E-state index contributed by atoms with van der Waals surface area (Å²) in [5.41, 5.74) is 2.08. The smallest absolute Gasteiger partial charge is 0.229 e. The van der Waals surface area contributed by atoms with Gasteiger partial charge in [-0.2, -0.15) is 0 Å². The third kappa shape index (κ3) is 3.30. The first-order valence-corrected chi connectivity index (χ1v) is 8.03. The van der Waals surface area contributed by atoms with Gasteiger partial charge in [0.25, 0.3) is 0 Å². The SMILES string of the molecule is CCc1cccc(N2C[C@H](C(=O)Nc3ccccc3F)CC2=O)c1. The molecule has 0 aromatic heterocycles. The highest BCUT2D eigenvalue weighted by Gasteiger charge is 2.35. The summed E-state index contributed by atoms with van der Waals surface area (Å²) >= 11 is 0. The van der Waals surface area contributed by atoms with Crippen LogP contribution in [0, 0.1) is 11.7 Å². The number of nitrogens with one attached hydrogen (secondary N) is 1. The van der Waals surface area contributed by atoms with E-state index in [1.165, 1.54) is 12.1 Å². The Morgan fingerprint density at radius 1 is 1.25 bits per heavy atom.